The van der Waals surface area contributed by atoms with Gasteiger partial charge in [0.25, 0.3) is 0 Å². The molecule has 1 amide bonds. The van der Waals surface area contributed by atoms with Crippen molar-refractivity contribution in [1.29, 1.82) is 0 Å². The Labute approximate surface area is 226 Å². The Hall–Kier alpha value is -4.01. The molecule has 0 radical (unpaired) electrons. The first-order chi connectivity index (χ1) is 19.2. The molecule has 5 aromatic rings. The molecular weight excluding hydrogens is 490 g/mol. The van der Waals surface area contributed by atoms with E-state index in [-0.39, 0.29) is 18.4 Å². The van der Waals surface area contributed by atoms with E-state index in [1.54, 1.807) is 0 Å². The number of carbonyl (C=O) groups is 1. The molecule has 0 aliphatic carbocycles. The SMILES string of the molecule is O=C(Cc1nc2ccccc2o1)N1CCN(CC2CCOC2)CC1c1ncc(-c2ccc3ccccc3c2)[nH]1. The summed E-state index contributed by atoms with van der Waals surface area (Å²) in [6.07, 6.45) is 3.10. The van der Waals surface area contributed by atoms with Crippen molar-refractivity contribution in [1.82, 2.24) is 24.8 Å². The number of nitrogens with zero attached hydrogens (tertiary/aromatic N) is 4. The van der Waals surface area contributed by atoms with Crippen molar-refractivity contribution in [2.75, 3.05) is 39.4 Å². The molecule has 2 aliphatic heterocycles. The number of benzene rings is 3. The average molecular weight is 522 g/mol. The fraction of sp³-hybridized carbons (Fsp3) is 0.323. The monoisotopic (exact) mass is 521 g/mol. The maximum atomic E-state index is 13.6. The highest BCUT2D eigenvalue weighted by Gasteiger charge is 2.35. The summed E-state index contributed by atoms with van der Waals surface area (Å²) in [6.45, 7) is 4.80. The molecule has 198 valence electrons. The molecule has 7 rings (SSSR count). The van der Waals surface area contributed by atoms with Crippen LogP contribution >= 0.6 is 0 Å². The number of carbonyl (C=O) groups excluding carboxylic acids is 1. The Kier molecular flexibility index (Phi) is 6.34. The number of piperazine rings is 1. The number of amides is 1. The van der Waals surface area contributed by atoms with Gasteiger partial charge < -0.3 is 19.0 Å². The van der Waals surface area contributed by atoms with Gasteiger partial charge in [-0.2, -0.15) is 0 Å². The van der Waals surface area contributed by atoms with E-state index in [2.05, 4.69) is 57.3 Å². The third-order valence-electron chi connectivity index (χ3n) is 7.94. The smallest absolute Gasteiger partial charge is 0.232 e. The van der Waals surface area contributed by atoms with Crippen LogP contribution in [0.2, 0.25) is 0 Å². The summed E-state index contributed by atoms with van der Waals surface area (Å²) in [5.41, 5.74) is 3.49. The van der Waals surface area contributed by atoms with Gasteiger partial charge in [-0.3, -0.25) is 9.69 Å². The second-order valence-electron chi connectivity index (χ2n) is 10.6. The lowest BCUT2D eigenvalue weighted by atomic mass is 10.1. The molecule has 8 nitrogen and oxygen atoms in total. The first kappa shape index (κ1) is 24.1. The van der Waals surface area contributed by atoms with Gasteiger partial charge in [0.05, 0.1) is 18.5 Å². The Balaban J connectivity index is 1.15. The largest absolute Gasteiger partial charge is 0.440 e. The number of para-hydroxylation sites is 2. The molecule has 0 bridgehead atoms. The molecule has 3 aromatic carbocycles. The number of ether oxygens (including phenoxy) is 1. The number of fused-ring (bicyclic) bond motifs is 2. The normalized spacial score (nSPS) is 20.3. The predicted octanol–water partition coefficient (Wildman–Crippen LogP) is 4.84. The first-order valence-corrected chi connectivity index (χ1v) is 13.7. The molecule has 2 atom stereocenters. The number of aromatic amines is 1. The lowest BCUT2D eigenvalue weighted by Crippen LogP contribution is -2.52. The molecule has 8 heteroatoms. The molecule has 2 unspecified atom stereocenters. The van der Waals surface area contributed by atoms with Crippen molar-refractivity contribution in [2.24, 2.45) is 5.92 Å². The fourth-order valence-corrected chi connectivity index (χ4v) is 5.87. The van der Waals surface area contributed by atoms with Crippen LogP contribution in [0, 0.1) is 5.92 Å². The summed E-state index contributed by atoms with van der Waals surface area (Å²) < 4.78 is 11.5. The standard InChI is InChI=1S/C31H31N5O3/c37-30(16-29-33-25-7-3-4-8-28(25)39-29)36-13-12-35(18-21-11-14-38-20-21)19-27(36)31-32-17-26(34-31)24-10-9-22-5-1-2-6-23(22)15-24/h1-10,15,17,21,27H,11-14,16,18-20H2,(H,32,34). The second kappa shape index (κ2) is 10.3. The van der Waals surface area contributed by atoms with E-state index in [1.165, 1.54) is 10.8 Å². The summed E-state index contributed by atoms with van der Waals surface area (Å²) in [5.74, 6) is 1.79. The van der Waals surface area contributed by atoms with Gasteiger partial charge >= 0.3 is 0 Å². The summed E-state index contributed by atoms with van der Waals surface area (Å²) in [4.78, 5) is 30.9. The van der Waals surface area contributed by atoms with E-state index < -0.39 is 0 Å². The van der Waals surface area contributed by atoms with Gasteiger partial charge in [-0.1, -0.05) is 48.5 Å². The van der Waals surface area contributed by atoms with Gasteiger partial charge in [0, 0.05) is 38.3 Å². The maximum absolute atomic E-state index is 13.6. The van der Waals surface area contributed by atoms with Gasteiger partial charge in [0.2, 0.25) is 11.8 Å². The third-order valence-corrected chi connectivity index (χ3v) is 7.94. The average Bonchev–Trinajstić information content (AvgIpc) is 3.74. The summed E-state index contributed by atoms with van der Waals surface area (Å²) in [7, 11) is 0. The van der Waals surface area contributed by atoms with Crippen LogP contribution in [0.25, 0.3) is 33.1 Å². The number of oxazole rings is 1. The Bertz CT molecular complexity index is 1590. The summed E-state index contributed by atoms with van der Waals surface area (Å²) in [5, 5.41) is 2.39. The molecule has 4 heterocycles. The molecular formula is C31H31N5O3. The number of imidazole rings is 1. The van der Waals surface area contributed by atoms with E-state index in [4.69, 9.17) is 14.1 Å². The van der Waals surface area contributed by atoms with Gasteiger partial charge in [-0.05, 0) is 41.3 Å². The van der Waals surface area contributed by atoms with Gasteiger partial charge in [0.1, 0.15) is 23.8 Å². The maximum Gasteiger partial charge on any atom is 0.232 e. The number of rotatable bonds is 6. The van der Waals surface area contributed by atoms with Crippen LogP contribution in [0.3, 0.4) is 0 Å². The van der Waals surface area contributed by atoms with E-state index in [0.29, 0.717) is 23.9 Å². The van der Waals surface area contributed by atoms with Gasteiger partial charge in [-0.25, -0.2) is 9.97 Å². The lowest BCUT2D eigenvalue weighted by Gasteiger charge is -2.41. The number of nitrogens with one attached hydrogen (secondary N) is 1. The molecule has 0 spiro atoms. The van der Waals surface area contributed by atoms with Gasteiger partial charge in [-0.15, -0.1) is 0 Å². The fourth-order valence-electron chi connectivity index (χ4n) is 5.87. The number of hydrogen-bond acceptors (Lipinski definition) is 6. The molecule has 2 fully saturated rings. The van der Waals surface area contributed by atoms with Crippen molar-refractivity contribution >= 4 is 27.8 Å². The van der Waals surface area contributed by atoms with Crippen LogP contribution < -0.4 is 0 Å². The third kappa shape index (κ3) is 4.93. The summed E-state index contributed by atoms with van der Waals surface area (Å²) in [6, 6.07) is 22.2. The Morgan fingerprint density at radius 1 is 1.03 bits per heavy atom. The van der Waals surface area contributed by atoms with Crippen molar-refractivity contribution in [3.63, 3.8) is 0 Å². The molecule has 1 N–H and O–H groups in total. The zero-order valence-electron chi connectivity index (χ0n) is 21.8. The number of hydrogen-bond donors (Lipinski definition) is 1. The highest BCUT2D eigenvalue weighted by Crippen LogP contribution is 2.29. The summed E-state index contributed by atoms with van der Waals surface area (Å²) >= 11 is 0. The Morgan fingerprint density at radius 2 is 1.90 bits per heavy atom. The van der Waals surface area contributed by atoms with Crippen LogP contribution in [0.5, 0.6) is 0 Å². The highest BCUT2D eigenvalue weighted by molar-refractivity contribution is 5.86. The van der Waals surface area contributed by atoms with Gasteiger partial charge in [0.15, 0.2) is 5.58 Å². The van der Waals surface area contributed by atoms with Crippen molar-refractivity contribution < 1.29 is 13.9 Å². The van der Waals surface area contributed by atoms with Crippen LogP contribution in [-0.2, 0) is 16.0 Å². The molecule has 2 aliphatic rings. The van der Waals surface area contributed by atoms with Crippen molar-refractivity contribution in [2.45, 2.75) is 18.9 Å². The topological polar surface area (TPSA) is 87.5 Å². The van der Waals surface area contributed by atoms with Crippen LogP contribution in [0.4, 0.5) is 0 Å². The minimum absolute atomic E-state index is 0.000869. The van der Waals surface area contributed by atoms with E-state index >= 15 is 0 Å². The minimum atomic E-state index is -0.188. The number of H-pyrrole nitrogens is 1. The lowest BCUT2D eigenvalue weighted by molar-refractivity contribution is -0.136. The molecule has 39 heavy (non-hydrogen) atoms. The first-order valence-electron chi connectivity index (χ1n) is 13.7. The van der Waals surface area contributed by atoms with Crippen LogP contribution in [0.15, 0.2) is 77.3 Å². The zero-order valence-corrected chi connectivity index (χ0v) is 21.8. The van der Waals surface area contributed by atoms with E-state index in [9.17, 15) is 4.79 Å². The predicted molar refractivity (Wildman–Crippen MR) is 149 cm³/mol. The van der Waals surface area contributed by atoms with Crippen molar-refractivity contribution in [3.8, 4) is 11.3 Å². The number of aromatic nitrogens is 3. The molecule has 2 aromatic heterocycles. The molecule has 0 saturated carbocycles. The minimum Gasteiger partial charge on any atom is -0.440 e. The zero-order chi connectivity index (χ0) is 26.2. The van der Waals surface area contributed by atoms with E-state index in [0.717, 1.165) is 61.9 Å². The van der Waals surface area contributed by atoms with Crippen LogP contribution in [0.1, 0.15) is 24.2 Å². The quantitative estimate of drug-likeness (QED) is 0.344. The highest BCUT2D eigenvalue weighted by atomic mass is 16.5. The van der Waals surface area contributed by atoms with Crippen molar-refractivity contribution in [3.05, 3.63) is 84.6 Å². The molecule has 2 saturated heterocycles. The Morgan fingerprint density at radius 3 is 2.77 bits per heavy atom. The second-order valence-corrected chi connectivity index (χ2v) is 10.6. The van der Waals surface area contributed by atoms with Crippen LogP contribution in [-0.4, -0.2) is 70.1 Å². The van der Waals surface area contributed by atoms with E-state index in [1.807, 2.05) is 35.4 Å².